The summed E-state index contributed by atoms with van der Waals surface area (Å²) in [6.07, 6.45) is 4.79. The molecule has 6 heteroatoms. The number of hydrogen-bond acceptors (Lipinski definition) is 4. The number of aliphatic hydroxyl groups excluding tert-OH is 2. The highest BCUT2D eigenvalue weighted by Crippen LogP contribution is 2.53. The van der Waals surface area contributed by atoms with Gasteiger partial charge in [0.15, 0.2) is 0 Å². The topological polar surface area (TPSA) is 60.8 Å². The van der Waals surface area contributed by atoms with Crippen LogP contribution in [0.5, 0.6) is 0 Å². The Morgan fingerprint density at radius 1 is 1.38 bits per heavy atom. The third-order valence-electron chi connectivity index (χ3n) is 3.85. The molecule has 0 radical (unpaired) electrons. The number of aliphatic hydroxyl groups is 2. The van der Waals surface area contributed by atoms with Crippen molar-refractivity contribution in [3.8, 4) is 0 Å². The van der Waals surface area contributed by atoms with Crippen molar-refractivity contribution in [2.45, 2.75) is 64.3 Å². The van der Waals surface area contributed by atoms with E-state index in [4.69, 9.17) is 11.6 Å². The van der Waals surface area contributed by atoms with Crippen molar-refractivity contribution in [3.63, 3.8) is 0 Å². The lowest BCUT2D eigenvalue weighted by Crippen LogP contribution is -2.40. The molecule has 1 aliphatic rings. The first-order valence-corrected chi connectivity index (χ1v) is 10.2. The van der Waals surface area contributed by atoms with Gasteiger partial charge >= 0.3 is 0 Å². The van der Waals surface area contributed by atoms with Gasteiger partial charge in [-0.15, -0.1) is 11.6 Å². The summed E-state index contributed by atoms with van der Waals surface area (Å²) >= 11 is 6.18. The van der Waals surface area contributed by atoms with E-state index < -0.39 is 19.6 Å². The number of halogens is 1. The zero-order valence-corrected chi connectivity index (χ0v) is 15.2. The van der Waals surface area contributed by atoms with Crippen LogP contribution < -0.4 is 0 Å². The maximum atomic E-state index is 12.9. The fourth-order valence-electron chi connectivity index (χ4n) is 2.67. The molecular weight excluding hydrogens is 309 g/mol. The number of hydrogen-bond donors (Lipinski definition) is 2. The maximum Gasteiger partial charge on any atom is 0.109 e. The summed E-state index contributed by atoms with van der Waals surface area (Å²) in [6, 6.07) is 0. The summed E-state index contributed by atoms with van der Waals surface area (Å²) < 4.78 is 12.9. The molecule has 0 amide bonds. The quantitative estimate of drug-likeness (QED) is 0.308. The molecule has 0 aromatic rings. The van der Waals surface area contributed by atoms with E-state index in [2.05, 4.69) is 6.08 Å². The second-order valence-corrected chi connectivity index (χ2v) is 10.9. The van der Waals surface area contributed by atoms with Crippen LogP contribution in [0.4, 0.5) is 0 Å². The summed E-state index contributed by atoms with van der Waals surface area (Å²) in [5, 5.41) is 19.3. The Kier molecular flexibility index (Phi) is 6.95. The van der Waals surface area contributed by atoms with Crippen LogP contribution in [0.1, 0.15) is 47.0 Å². The van der Waals surface area contributed by atoms with E-state index in [1.54, 1.807) is 13.8 Å². The molecule has 1 heterocycles. The highest BCUT2D eigenvalue weighted by molar-refractivity contribution is 7.64. The molecule has 0 saturated carbocycles. The zero-order chi connectivity index (χ0) is 16.3. The minimum atomic E-state index is -2.39. The molecule has 0 fully saturated rings. The van der Waals surface area contributed by atoms with Gasteiger partial charge in [0, 0.05) is 17.2 Å². The highest BCUT2D eigenvalue weighted by Gasteiger charge is 2.32. The average Bonchev–Trinajstić information content (AvgIpc) is 2.66. The van der Waals surface area contributed by atoms with Gasteiger partial charge < -0.3 is 14.8 Å². The molecule has 1 rings (SSSR count). The highest BCUT2D eigenvalue weighted by atomic mass is 35.5. The second kappa shape index (κ2) is 7.61. The first-order chi connectivity index (χ1) is 9.52. The summed E-state index contributed by atoms with van der Waals surface area (Å²) in [7, 11) is -2.39. The van der Waals surface area contributed by atoms with E-state index in [1.807, 2.05) is 13.8 Å². The van der Waals surface area contributed by atoms with Gasteiger partial charge in [0.1, 0.15) is 19.6 Å². The van der Waals surface area contributed by atoms with Gasteiger partial charge in [0.2, 0.25) is 0 Å². The SMILES string of the molecule is CC(O)N(CP1(=O)CC=C(CCCC(C)(C)Cl)C1)C(C)O. The van der Waals surface area contributed by atoms with Gasteiger partial charge in [-0.1, -0.05) is 11.6 Å². The summed E-state index contributed by atoms with van der Waals surface area (Å²) in [5.74, 6) is 0. The van der Waals surface area contributed by atoms with Crippen LogP contribution in [-0.4, -0.2) is 51.1 Å². The fraction of sp³-hybridized carbons (Fsp3) is 0.867. The molecule has 0 aromatic heterocycles. The van der Waals surface area contributed by atoms with Crippen LogP contribution in [-0.2, 0) is 4.57 Å². The van der Waals surface area contributed by atoms with Gasteiger partial charge in [0.05, 0.1) is 6.29 Å². The fourth-order valence-corrected chi connectivity index (χ4v) is 5.83. The summed E-state index contributed by atoms with van der Waals surface area (Å²) in [5.41, 5.74) is 1.23. The Bertz CT molecular complexity index is 408. The lowest BCUT2D eigenvalue weighted by molar-refractivity contribution is -0.0726. The predicted octanol–water partition coefficient (Wildman–Crippen LogP) is 3.41. The van der Waals surface area contributed by atoms with Crippen molar-refractivity contribution in [1.29, 1.82) is 0 Å². The molecule has 3 atom stereocenters. The minimum absolute atomic E-state index is 0.182. The van der Waals surface area contributed by atoms with Crippen molar-refractivity contribution in [1.82, 2.24) is 4.90 Å². The third-order valence-corrected chi connectivity index (χ3v) is 6.72. The number of rotatable bonds is 8. The largest absolute Gasteiger partial charge is 0.379 e. The smallest absolute Gasteiger partial charge is 0.109 e. The normalized spacial score (nSPS) is 26.0. The molecule has 0 aromatic carbocycles. The van der Waals surface area contributed by atoms with Crippen molar-refractivity contribution >= 4 is 18.7 Å². The molecule has 0 bridgehead atoms. The first kappa shape index (κ1) is 19.2. The molecule has 0 saturated heterocycles. The summed E-state index contributed by atoms with van der Waals surface area (Å²) in [6.45, 7) is 7.19. The van der Waals surface area contributed by atoms with Gasteiger partial charge in [0.25, 0.3) is 0 Å². The molecule has 124 valence electrons. The maximum absolute atomic E-state index is 12.9. The van der Waals surface area contributed by atoms with E-state index >= 15 is 0 Å². The standard InChI is InChI=1S/C15H29ClNO3P/c1-12(18)17(13(2)19)11-21(20)9-7-14(10-21)6-5-8-15(3,4)16/h7,12-13,18-19H,5-6,8-11H2,1-4H3. The Hall–Kier alpha value is 0.140. The van der Waals surface area contributed by atoms with Gasteiger partial charge in [-0.2, -0.15) is 0 Å². The Balaban J connectivity index is 2.48. The van der Waals surface area contributed by atoms with Crippen molar-refractivity contribution in [3.05, 3.63) is 11.6 Å². The van der Waals surface area contributed by atoms with E-state index in [1.165, 1.54) is 10.5 Å². The molecule has 2 N–H and O–H groups in total. The second-order valence-electron chi connectivity index (χ2n) is 6.75. The van der Waals surface area contributed by atoms with Gasteiger partial charge in [-0.3, -0.25) is 0 Å². The minimum Gasteiger partial charge on any atom is -0.379 e. The van der Waals surface area contributed by atoms with E-state index in [-0.39, 0.29) is 11.2 Å². The average molecular weight is 338 g/mol. The van der Waals surface area contributed by atoms with Gasteiger partial charge in [-0.05, 0) is 47.0 Å². The molecular formula is C15H29ClNO3P. The van der Waals surface area contributed by atoms with Crippen LogP contribution in [0.25, 0.3) is 0 Å². The van der Waals surface area contributed by atoms with E-state index in [9.17, 15) is 14.8 Å². The lowest BCUT2D eigenvalue weighted by atomic mass is 10.0. The lowest BCUT2D eigenvalue weighted by Gasteiger charge is -2.30. The van der Waals surface area contributed by atoms with Crippen LogP contribution in [0, 0.1) is 0 Å². The summed E-state index contributed by atoms with van der Waals surface area (Å²) in [4.78, 5) is 1.30. The molecule has 21 heavy (non-hydrogen) atoms. The van der Waals surface area contributed by atoms with Crippen LogP contribution in [0.2, 0.25) is 0 Å². The molecule has 3 unspecified atom stereocenters. The number of alkyl halides is 1. The van der Waals surface area contributed by atoms with E-state index in [0.29, 0.717) is 12.3 Å². The van der Waals surface area contributed by atoms with Crippen LogP contribution in [0.15, 0.2) is 11.6 Å². The van der Waals surface area contributed by atoms with Crippen LogP contribution in [0.3, 0.4) is 0 Å². The van der Waals surface area contributed by atoms with Gasteiger partial charge in [-0.25, -0.2) is 4.90 Å². The molecule has 0 spiro atoms. The molecule has 4 nitrogen and oxygen atoms in total. The number of allylic oxidation sites excluding steroid dienone is 2. The van der Waals surface area contributed by atoms with Crippen molar-refractivity contribution in [2.75, 3.05) is 18.6 Å². The molecule has 0 aliphatic carbocycles. The Labute approximate surface area is 133 Å². The van der Waals surface area contributed by atoms with E-state index in [0.717, 1.165) is 19.3 Å². The zero-order valence-electron chi connectivity index (χ0n) is 13.5. The van der Waals surface area contributed by atoms with Crippen LogP contribution >= 0.6 is 18.7 Å². The monoisotopic (exact) mass is 337 g/mol. The molecule has 1 aliphatic heterocycles. The Morgan fingerprint density at radius 3 is 2.43 bits per heavy atom. The number of nitrogens with zero attached hydrogens (tertiary/aromatic N) is 1. The van der Waals surface area contributed by atoms with Crippen molar-refractivity contribution in [2.24, 2.45) is 0 Å². The predicted molar refractivity (Wildman–Crippen MR) is 89.3 cm³/mol. The Morgan fingerprint density at radius 2 is 1.95 bits per heavy atom. The third kappa shape index (κ3) is 6.83. The van der Waals surface area contributed by atoms with Crippen molar-refractivity contribution < 1.29 is 14.8 Å². The first-order valence-electron chi connectivity index (χ1n) is 7.58.